The van der Waals surface area contributed by atoms with Crippen molar-refractivity contribution in [2.75, 3.05) is 18.0 Å². The van der Waals surface area contributed by atoms with Gasteiger partial charge in [0.1, 0.15) is 0 Å². The van der Waals surface area contributed by atoms with Crippen LogP contribution in [0.25, 0.3) is 10.9 Å². The molecule has 3 aliphatic rings. The Morgan fingerprint density at radius 1 is 1.00 bits per heavy atom. The number of hydrogen-bond donors (Lipinski definition) is 0. The maximum atomic E-state index is 2.68. The highest BCUT2D eigenvalue weighted by Crippen LogP contribution is 2.56. The summed E-state index contributed by atoms with van der Waals surface area (Å²) >= 11 is 0. The minimum absolute atomic E-state index is 0.842. The average Bonchev–Trinajstić information content (AvgIpc) is 3.17. The van der Waals surface area contributed by atoms with Gasteiger partial charge in [0, 0.05) is 37.4 Å². The Hall–Kier alpha value is -1.44. The van der Waals surface area contributed by atoms with E-state index in [1.165, 1.54) is 69.1 Å². The number of benzene rings is 1. The first-order valence-electron chi connectivity index (χ1n) is 9.19. The van der Waals surface area contributed by atoms with Gasteiger partial charge in [-0.05, 0) is 67.2 Å². The van der Waals surface area contributed by atoms with Crippen LogP contribution in [0.1, 0.15) is 67.9 Å². The predicted molar refractivity (Wildman–Crippen MR) is 92.9 cm³/mol. The van der Waals surface area contributed by atoms with Crippen LogP contribution in [0, 0.1) is 0 Å². The molecule has 2 atom stereocenters. The van der Waals surface area contributed by atoms with Crippen LogP contribution in [0.2, 0.25) is 0 Å². The molecule has 2 fully saturated rings. The lowest BCUT2D eigenvalue weighted by Gasteiger charge is -2.27. The zero-order chi connectivity index (χ0) is 14.7. The van der Waals surface area contributed by atoms with Crippen LogP contribution in [0.4, 0.5) is 5.69 Å². The SMILES string of the molecule is Cn1ccc2c(N3CCCCCC3)cc3c(c21)C1CCC3C1. The molecule has 2 aromatic rings. The lowest BCUT2D eigenvalue weighted by atomic mass is 9.89. The van der Waals surface area contributed by atoms with Crippen LogP contribution < -0.4 is 4.90 Å². The Morgan fingerprint density at radius 3 is 2.59 bits per heavy atom. The highest BCUT2D eigenvalue weighted by Gasteiger charge is 2.39. The number of hydrogen-bond acceptors (Lipinski definition) is 1. The zero-order valence-corrected chi connectivity index (χ0v) is 13.6. The third kappa shape index (κ3) is 1.73. The van der Waals surface area contributed by atoms with Crippen molar-refractivity contribution in [3.63, 3.8) is 0 Å². The summed E-state index contributed by atoms with van der Waals surface area (Å²) in [6.45, 7) is 2.49. The highest BCUT2D eigenvalue weighted by molar-refractivity contribution is 5.97. The summed E-state index contributed by atoms with van der Waals surface area (Å²) < 4.78 is 2.39. The van der Waals surface area contributed by atoms with Gasteiger partial charge in [-0.15, -0.1) is 0 Å². The third-order valence-electron chi connectivity index (χ3n) is 6.43. The van der Waals surface area contributed by atoms with Gasteiger partial charge in [-0.2, -0.15) is 0 Å². The number of nitrogens with zero attached hydrogens (tertiary/aromatic N) is 2. The molecule has 1 saturated carbocycles. The molecular formula is C20H26N2. The molecule has 2 heterocycles. The normalized spacial score (nSPS) is 27.4. The molecule has 0 N–H and O–H groups in total. The first-order chi connectivity index (χ1) is 10.8. The molecule has 1 saturated heterocycles. The summed E-state index contributed by atoms with van der Waals surface area (Å²) in [7, 11) is 2.24. The molecule has 0 spiro atoms. The van der Waals surface area contributed by atoms with Crippen molar-refractivity contribution in [2.45, 2.75) is 56.8 Å². The van der Waals surface area contributed by atoms with Gasteiger partial charge in [0.15, 0.2) is 0 Å². The van der Waals surface area contributed by atoms with Crippen LogP contribution >= 0.6 is 0 Å². The standard InChI is InChI=1S/C20H26N2/c1-21-11-8-16-18(22-9-4-2-3-5-10-22)13-17-14-6-7-15(12-14)19(17)20(16)21/h8,11,13-15H,2-7,9-10,12H2,1H3. The lowest BCUT2D eigenvalue weighted by Crippen LogP contribution is -2.24. The van der Waals surface area contributed by atoms with Crippen LogP contribution in [0.3, 0.4) is 0 Å². The third-order valence-corrected chi connectivity index (χ3v) is 6.43. The number of fused-ring (bicyclic) bond motifs is 7. The smallest absolute Gasteiger partial charge is 0.0536 e. The van der Waals surface area contributed by atoms with Crippen molar-refractivity contribution in [3.8, 4) is 0 Å². The Kier molecular flexibility index (Phi) is 2.83. The molecule has 0 radical (unpaired) electrons. The summed E-state index contributed by atoms with van der Waals surface area (Å²) in [4.78, 5) is 2.68. The molecule has 2 unspecified atom stereocenters. The van der Waals surface area contributed by atoms with Gasteiger partial charge in [-0.25, -0.2) is 0 Å². The second-order valence-electron chi connectivity index (χ2n) is 7.70. The van der Waals surface area contributed by atoms with E-state index in [1.54, 1.807) is 16.6 Å². The Balaban J connectivity index is 1.72. The van der Waals surface area contributed by atoms with Crippen molar-refractivity contribution in [1.82, 2.24) is 4.57 Å². The van der Waals surface area contributed by atoms with Gasteiger partial charge in [0.25, 0.3) is 0 Å². The van der Waals surface area contributed by atoms with E-state index < -0.39 is 0 Å². The number of rotatable bonds is 1. The van der Waals surface area contributed by atoms with Gasteiger partial charge in [-0.1, -0.05) is 12.8 Å². The quantitative estimate of drug-likeness (QED) is 0.724. The average molecular weight is 294 g/mol. The minimum atomic E-state index is 0.842. The Bertz CT molecular complexity index is 719. The van der Waals surface area contributed by atoms with E-state index in [1.807, 2.05) is 0 Å². The van der Waals surface area contributed by atoms with E-state index in [-0.39, 0.29) is 0 Å². The van der Waals surface area contributed by atoms with E-state index in [0.717, 1.165) is 11.8 Å². The molecule has 22 heavy (non-hydrogen) atoms. The molecule has 5 rings (SSSR count). The maximum Gasteiger partial charge on any atom is 0.0536 e. The maximum absolute atomic E-state index is 2.68. The molecular weight excluding hydrogens is 268 g/mol. The lowest BCUT2D eigenvalue weighted by molar-refractivity contribution is 0.716. The van der Waals surface area contributed by atoms with Gasteiger partial charge in [0.2, 0.25) is 0 Å². The fraction of sp³-hybridized carbons (Fsp3) is 0.600. The molecule has 2 bridgehead atoms. The van der Waals surface area contributed by atoms with Crippen LogP contribution in [-0.2, 0) is 7.05 Å². The fourth-order valence-corrected chi connectivity index (χ4v) is 5.38. The van der Waals surface area contributed by atoms with Crippen molar-refractivity contribution >= 4 is 16.6 Å². The molecule has 1 aliphatic heterocycles. The van der Waals surface area contributed by atoms with E-state index in [9.17, 15) is 0 Å². The monoisotopic (exact) mass is 294 g/mol. The second kappa shape index (κ2) is 4.78. The molecule has 116 valence electrons. The summed E-state index contributed by atoms with van der Waals surface area (Å²) in [6.07, 6.45) is 12.1. The molecule has 0 amide bonds. The Labute approximate surface area is 133 Å². The number of anilines is 1. The molecule has 2 aliphatic carbocycles. The van der Waals surface area contributed by atoms with Crippen molar-refractivity contribution in [1.29, 1.82) is 0 Å². The zero-order valence-electron chi connectivity index (χ0n) is 13.6. The number of aromatic nitrogens is 1. The van der Waals surface area contributed by atoms with E-state index in [4.69, 9.17) is 0 Å². The van der Waals surface area contributed by atoms with Crippen LogP contribution in [-0.4, -0.2) is 17.7 Å². The summed E-state index contributed by atoms with van der Waals surface area (Å²) in [6, 6.07) is 4.95. The van der Waals surface area contributed by atoms with Crippen molar-refractivity contribution in [3.05, 3.63) is 29.5 Å². The molecule has 2 heteroatoms. The first-order valence-corrected chi connectivity index (χ1v) is 9.19. The highest BCUT2D eigenvalue weighted by atomic mass is 15.1. The first kappa shape index (κ1) is 13.0. The summed E-state index contributed by atoms with van der Waals surface area (Å²) in [5.41, 5.74) is 6.48. The largest absolute Gasteiger partial charge is 0.371 e. The molecule has 2 nitrogen and oxygen atoms in total. The van der Waals surface area contributed by atoms with Crippen LogP contribution in [0.5, 0.6) is 0 Å². The van der Waals surface area contributed by atoms with Gasteiger partial charge >= 0.3 is 0 Å². The minimum Gasteiger partial charge on any atom is -0.371 e. The van der Waals surface area contributed by atoms with Gasteiger partial charge < -0.3 is 9.47 Å². The molecule has 1 aromatic heterocycles. The van der Waals surface area contributed by atoms with E-state index in [0.29, 0.717) is 0 Å². The summed E-state index contributed by atoms with van der Waals surface area (Å²) in [5.74, 6) is 1.69. The van der Waals surface area contributed by atoms with E-state index in [2.05, 4.69) is 34.8 Å². The van der Waals surface area contributed by atoms with E-state index >= 15 is 0 Å². The Morgan fingerprint density at radius 2 is 1.77 bits per heavy atom. The topological polar surface area (TPSA) is 8.17 Å². The molecule has 1 aromatic carbocycles. The number of aryl methyl sites for hydroxylation is 1. The van der Waals surface area contributed by atoms with Crippen molar-refractivity contribution < 1.29 is 0 Å². The van der Waals surface area contributed by atoms with Crippen molar-refractivity contribution in [2.24, 2.45) is 7.05 Å². The second-order valence-corrected chi connectivity index (χ2v) is 7.70. The fourth-order valence-electron chi connectivity index (χ4n) is 5.38. The van der Waals surface area contributed by atoms with Gasteiger partial charge in [-0.3, -0.25) is 0 Å². The van der Waals surface area contributed by atoms with Gasteiger partial charge in [0.05, 0.1) is 5.52 Å². The summed E-state index contributed by atoms with van der Waals surface area (Å²) in [5, 5.41) is 1.51. The predicted octanol–water partition coefficient (Wildman–Crippen LogP) is 4.92. The van der Waals surface area contributed by atoms with Crippen LogP contribution in [0.15, 0.2) is 18.3 Å².